The van der Waals surface area contributed by atoms with Crippen molar-refractivity contribution in [3.8, 4) is 0 Å². The summed E-state index contributed by atoms with van der Waals surface area (Å²) in [4.78, 5) is 33.2. The Hall–Kier alpha value is -1.79. The Morgan fingerprint density at radius 1 is 1.29 bits per heavy atom. The lowest BCUT2D eigenvalue weighted by molar-refractivity contribution is -0.140. The number of nitrogens with one attached hydrogen (secondary N) is 2. The molecule has 0 aromatic carbocycles. The summed E-state index contributed by atoms with van der Waals surface area (Å²) in [7, 11) is 1.27. The molecule has 1 atom stereocenters. The van der Waals surface area contributed by atoms with E-state index in [2.05, 4.69) is 15.4 Å². The van der Waals surface area contributed by atoms with Crippen LogP contribution in [0.5, 0.6) is 0 Å². The number of urea groups is 1. The summed E-state index contributed by atoms with van der Waals surface area (Å²) in [6, 6.07) is -1.46. The molecule has 0 spiro atoms. The smallest absolute Gasteiger partial charge is 0.312 e. The van der Waals surface area contributed by atoms with Crippen LogP contribution in [0.3, 0.4) is 0 Å². The van der Waals surface area contributed by atoms with Gasteiger partial charge in [0.1, 0.15) is 6.04 Å². The molecule has 1 unspecified atom stereocenters. The summed E-state index contributed by atoms with van der Waals surface area (Å²) in [5.41, 5.74) is 4.96. The van der Waals surface area contributed by atoms with E-state index in [-0.39, 0.29) is 24.8 Å². The molecule has 0 radical (unpaired) electrons. The average molecular weight is 245 g/mol. The number of amides is 3. The second kappa shape index (κ2) is 7.48. The Balaban J connectivity index is 4.15. The minimum Gasteiger partial charge on any atom is -0.469 e. The van der Waals surface area contributed by atoms with Crippen molar-refractivity contribution in [2.45, 2.75) is 26.3 Å². The molecule has 7 nitrogen and oxygen atoms in total. The maximum atomic E-state index is 11.7. The van der Waals surface area contributed by atoms with E-state index >= 15 is 0 Å². The third-order valence-corrected chi connectivity index (χ3v) is 2.10. The molecule has 0 saturated heterocycles. The van der Waals surface area contributed by atoms with Gasteiger partial charge in [0, 0.05) is 6.54 Å². The van der Waals surface area contributed by atoms with Crippen molar-refractivity contribution >= 4 is 17.9 Å². The van der Waals surface area contributed by atoms with E-state index in [1.54, 1.807) is 13.8 Å². The molecule has 0 aliphatic heterocycles. The fourth-order valence-corrected chi connectivity index (χ4v) is 1.19. The zero-order valence-electron chi connectivity index (χ0n) is 10.3. The van der Waals surface area contributed by atoms with E-state index in [4.69, 9.17) is 5.73 Å². The number of hydrogen-bond acceptors (Lipinski definition) is 4. The van der Waals surface area contributed by atoms with Gasteiger partial charge in [-0.05, 0) is 5.92 Å². The first kappa shape index (κ1) is 15.2. The molecule has 0 rings (SSSR count). The van der Waals surface area contributed by atoms with Crippen LogP contribution in [0.2, 0.25) is 0 Å². The molecule has 0 aromatic rings. The largest absolute Gasteiger partial charge is 0.469 e. The number of carbonyl (C=O) groups excluding carboxylic acids is 3. The highest BCUT2D eigenvalue weighted by atomic mass is 16.5. The Labute approximate surface area is 100 Å². The fourth-order valence-electron chi connectivity index (χ4n) is 1.19. The first-order valence-electron chi connectivity index (χ1n) is 5.29. The lowest BCUT2D eigenvalue weighted by atomic mass is 10.0. The average Bonchev–Trinajstić information content (AvgIpc) is 2.24. The minimum atomic E-state index is -0.758. The van der Waals surface area contributed by atoms with Gasteiger partial charge in [-0.2, -0.15) is 0 Å². The molecule has 0 aliphatic carbocycles. The van der Waals surface area contributed by atoms with Crippen molar-refractivity contribution in [3.63, 3.8) is 0 Å². The molecule has 0 bridgehead atoms. The Morgan fingerprint density at radius 3 is 2.29 bits per heavy atom. The van der Waals surface area contributed by atoms with E-state index in [1.165, 1.54) is 7.11 Å². The zero-order chi connectivity index (χ0) is 13.4. The van der Waals surface area contributed by atoms with E-state index < -0.39 is 18.0 Å². The van der Waals surface area contributed by atoms with Crippen molar-refractivity contribution in [3.05, 3.63) is 0 Å². The molecule has 0 aromatic heterocycles. The van der Waals surface area contributed by atoms with Crippen LogP contribution in [0.15, 0.2) is 0 Å². The summed E-state index contributed by atoms with van der Waals surface area (Å²) in [6.07, 6.45) is 0.0869. The van der Waals surface area contributed by atoms with Crippen molar-refractivity contribution < 1.29 is 19.1 Å². The van der Waals surface area contributed by atoms with Gasteiger partial charge in [0.2, 0.25) is 5.91 Å². The molecule has 0 saturated carbocycles. The van der Waals surface area contributed by atoms with Crippen molar-refractivity contribution in [1.29, 1.82) is 0 Å². The van der Waals surface area contributed by atoms with Gasteiger partial charge in [-0.15, -0.1) is 0 Å². The SMILES string of the molecule is COC(=O)CCNC(=O)C(NC(N)=O)C(C)C. The summed E-state index contributed by atoms with van der Waals surface area (Å²) < 4.78 is 4.42. The number of carbonyl (C=O) groups is 3. The summed E-state index contributed by atoms with van der Waals surface area (Å²) in [5, 5.41) is 4.87. The quantitative estimate of drug-likeness (QED) is 0.540. The van der Waals surface area contributed by atoms with Crippen LogP contribution < -0.4 is 16.4 Å². The predicted molar refractivity (Wildman–Crippen MR) is 61.0 cm³/mol. The van der Waals surface area contributed by atoms with Crippen LogP contribution in [-0.2, 0) is 14.3 Å². The maximum Gasteiger partial charge on any atom is 0.312 e. The molecule has 17 heavy (non-hydrogen) atoms. The van der Waals surface area contributed by atoms with Gasteiger partial charge in [-0.3, -0.25) is 9.59 Å². The van der Waals surface area contributed by atoms with E-state index in [0.29, 0.717) is 0 Å². The molecule has 7 heteroatoms. The number of primary amides is 1. The summed E-state index contributed by atoms with van der Waals surface area (Å²) in [6.45, 7) is 3.72. The van der Waals surface area contributed by atoms with E-state index in [0.717, 1.165) is 0 Å². The number of nitrogens with two attached hydrogens (primary N) is 1. The number of hydrogen-bond donors (Lipinski definition) is 3. The van der Waals surface area contributed by atoms with E-state index in [9.17, 15) is 14.4 Å². The highest BCUT2D eigenvalue weighted by Crippen LogP contribution is 2.01. The number of esters is 1. The number of methoxy groups -OCH3 is 1. The van der Waals surface area contributed by atoms with Crippen LogP contribution in [0.4, 0.5) is 4.79 Å². The zero-order valence-corrected chi connectivity index (χ0v) is 10.3. The van der Waals surface area contributed by atoms with Crippen molar-refractivity contribution in [1.82, 2.24) is 10.6 Å². The van der Waals surface area contributed by atoms with E-state index in [1.807, 2.05) is 0 Å². The van der Waals surface area contributed by atoms with Crippen LogP contribution in [-0.4, -0.2) is 37.6 Å². The van der Waals surface area contributed by atoms with Crippen LogP contribution in [0.25, 0.3) is 0 Å². The molecule has 0 fully saturated rings. The molecule has 0 heterocycles. The minimum absolute atomic E-state index is 0.0869. The lowest BCUT2D eigenvalue weighted by Gasteiger charge is -2.20. The van der Waals surface area contributed by atoms with Crippen molar-refractivity contribution in [2.24, 2.45) is 11.7 Å². The third kappa shape index (κ3) is 6.39. The molecule has 0 aliphatic rings. The van der Waals surface area contributed by atoms with Gasteiger partial charge in [0.25, 0.3) is 0 Å². The van der Waals surface area contributed by atoms with Gasteiger partial charge in [-0.1, -0.05) is 13.8 Å². The predicted octanol–water partition coefficient (Wildman–Crippen LogP) is -0.641. The highest BCUT2D eigenvalue weighted by Gasteiger charge is 2.22. The topological polar surface area (TPSA) is 111 Å². The number of ether oxygens (including phenoxy) is 1. The monoisotopic (exact) mass is 245 g/mol. The summed E-state index contributed by atoms with van der Waals surface area (Å²) in [5.74, 6) is -0.877. The summed E-state index contributed by atoms with van der Waals surface area (Å²) >= 11 is 0. The van der Waals surface area contributed by atoms with Crippen molar-refractivity contribution in [2.75, 3.05) is 13.7 Å². The van der Waals surface area contributed by atoms with Gasteiger partial charge in [0.15, 0.2) is 0 Å². The van der Waals surface area contributed by atoms with Gasteiger partial charge in [0.05, 0.1) is 13.5 Å². The van der Waals surface area contributed by atoms with Crippen LogP contribution >= 0.6 is 0 Å². The number of rotatable bonds is 6. The van der Waals surface area contributed by atoms with Crippen LogP contribution in [0, 0.1) is 5.92 Å². The highest BCUT2D eigenvalue weighted by molar-refractivity contribution is 5.87. The second-order valence-corrected chi connectivity index (χ2v) is 3.85. The Morgan fingerprint density at radius 2 is 1.88 bits per heavy atom. The van der Waals surface area contributed by atoms with Crippen LogP contribution in [0.1, 0.15) is 20.3 Å². The Bertz CT molecular complexity index is 291. The second-order valence-electron chi connectivity index (χ2n) is 3.85. The third-order valence-electron chi connectivity index (χ3n) is 2.10. The first-order valence-corrected chi connectivity index (χ1v) is 5.29. The first-order chi connectivity index (χ1) is 7.88. The fraction of sp³-hybridized carbons (Fsp3) is 0.700. The standard InChI is InChI=1S/C10H19N3O4/c1-6(2)8(13-10(11)16)9(15)12-5-4-7(14)17-3/h6,8H,4-5H2,1-3H3,(H,12,15)(H3,11,13,16). The lowest BCUT2D eigenvalue weighted by Crippen LogP contribution is -2.51. The van der Waals surface area contributed by atoms with Gasteiger partial charge in [-0.25, -0.2) is 4.79 Å². The maximum absolute atomic E-state index is 11.7. The molecule has 3 amide bonds. The van der Waals surface area contributed by atoms with Gasteiger partial charge < -0.3 is 21.1 Å². The molecule has 4 N–H and O–H groups in total. The van der Waals surface area contributed by atoms with Gasteiger partial charge >= 0.3 is 12.0 Å². The Kier molecular flexibility index (Phi) is 6.69. The molecular weight excluding hydrogens is 226 g/mol. The molecular formula is C10H19N3O4. The normalized spacial score (nSPS) is 11.8. The molecule has 98 valence electrons.